The largest absolute Gasteiger partial charge is 0.351 e. The first-order chi connectivity index (χ1) is 13.5. The predicted molar refractivity (Wildman–Crippen MR) is 104 cm³/mol. The maximum absolute atomic E-state index is 12.8. The van der Waals surface area contributed by atoms with E-state index in [-0.39, 0.29) is 23.8 Å². The van der Waals surface area contributed by atoms with E-state index in [9.17, 15) is 9.59 Å². The van der Waals surface area contributed by atoms with Crippen LogP contribution in [0.15, 0.2) is 45.7 Å². The van der Waals surface area contributed by atoms with Crippen molar-refractivity contribution in [2.75, 3.05) is 6.54 Å². The first-order valence-corrected chi connectivity index (χ1v) is 9.43. The summed E-state index contributed by atoms with van der Waals surface area (Å²) >= 11 is 0. The molecule has 7 heteroatoms. The van der Waals surface area contributed by atoms with Crippen LogP contribution in [0.25, 0.3) is 11.4 Å². The van der Waals surface area contributed by atoms with Gasteiger partial charge in [-0.25, -0.2) is 4.98 Å². The number of fused-ring (bicyclic) bond motifs is 1. The fraction of sp³-hybridized carbons (Fsp3) is 0.333. The summed E-state index contributed by atoms with van der Waals surface area (Å²) in [6.07, 6.45) is 1.22. The van der Waals surface area contributed by atoms with E-state index in [0.29, 0.717) is 36.0 Å². The maximum Gasteiger partial charge on any atom is 0.292 e. The van der Waals surface area contributed by atoms with E-state index in [4.69, 9.17) is 4.52 Å². The third-order valence-electron chi connectivity index (χ3n) is 4.80. The van der Waals surface area contributed by atoms with Crippen molar-refractivity contribution in [3.05, 3.63) is 69.5 Å². The van der Waals surface area contributed by atoms with Gasteiger partial charge in [-0.3, -0.25) is 9.59 Å². The number of H-pyrrole nitrogens is 1. The SMILES string of the molecule is CC(C)Cc1cc(C(=O)N2CCc3c(nc(-c4ccccc4)[nH]c3=O)C2)on1. The van der Waals surface area contributed by atoms with Gasteiger partial charge in [0, 0.05) is 23.7 Å². The quantitative estimate of drug-likeness (QED) is 0.754. The molecule has 1 N–H and O–H groups in total. The lowest BCUT2D eigenvalue weighted by atomic mass is 10.1. The van der Waals surface area contributed by atoms with Crippen LogP contribution >= 0.6 is 0 Å². The molecule has 0 spiro atoms. The van der Waals surface area contributed by atoms with Crippen LogP contribution in [0.2, 0.25) is 0 Å². The monoisotopic (exact) mass is 378 g/mol. The molecule has 0 atom stereocenters. The van der Waals surface area contributed by atoms with Crippen LogP contribution in [0.5, 0.6) is 0 Å². The van der Waals surface area contributed by atoms with Gasteiger partial charge in [0.25, 0.3) is 11.5 Å². The van der Waals surface area contributed by atoms with Crippen LogP contribution in [0, 0.1) is 5.92 Å². The van der Waals surface area contributed by atoms with Crippen molar-refractivity contribution in [3.63, 3.8) is 0 Å². The highest BCUT2D eigenvalue weighted by atomic mass is 16.5. The van der Waals surface area contributed by atoms with E-state index >= 15 is 0 Å². The van der Waals surface area contributed by atoms with Crippen molar-refractivity contribution in [1.29, 1.82) is 0 Å². The number of hydrogen-bond donors (Lipinski definition) is 1. The number of nitrogens with zero attached hydrogens (tertiary/aromatic N) is 3. The zero-order chi connectivity index (χ0) is 19.7. The topological polar surface area (TPSA) is 92.1 Å². The highest BCUT2D eigenvalue weighted by Crippen LogP contribution is 2.20. The van der Waals surface area contributed by atoms with Crippen molar-refractivity contribution in [1.82, 2.24) is 20.0 Å². The molecule has 1 amide bonds. The van der Waals surface area contributed by atoms with Gasteiger partial charge in [0.2, 0.25) is 5.76 Å². The molecular weight excluding hydrogens is 356 g/mol. The van der Waals surface area contributed by atoms with Gasteiger partial charge >= 0.3 is 0 Å². The summed E-state index contributed by atoms with van der Waals surface area (Å²) < 4.78 is 5.26. The van der Waals surface area contributed by atoms with Crippen molar-refractivity contribution in [2.45, 2.75) is 33.2 Å². The average molecular weight is 378 g/mol. The Labute approximate surface area is 162 Å². The maximum atomic E-state index is 12.8. The van der Waals surface area contributed by atoms with E-state index < -0.39 is 0 Å². The fourth-order valence-corrected chi connectivity index (χ4v) is 3.43. The van der Waals surface area contributed by atoms with E-state index in [1.165, 1.54) is 0 Å². The Morgan fingerprint density at radius 1 is 1.29 bits per heavy atom. The molecule has 0 fully saturated rings. The number of hydrogen-bond acceptors (Lipinski definition) is 5. The predicted octanol–water partition coefficient (Wildman–Crippen LogP) is 2.82. The summed E-state index contributed by atoms with van der Waals surface area (Å²) in [6.45, 7) is 4.90. The van der Waals surface area contributed by atoms with Crippen molar-refractivity contribution < 1.29 is 9.32 Å². The minimum Gasteiger partial charge on any atom is -0.351 e. The lowest BCUT2D eigenvalue weighted by Gasteiger charge is -2.26. The van der Waals surface area contributed by atoms with Gasteiger partial charge in [-0.1, -0.05) is 49.3 Å². The van der Waals surface area contributed by atoms with E-state index in [2.05, 4.69) is 29.0 Å². The van der Waals surface area contributed by atoms with Gasteiger partial charge < -0.3 is 14.4 Å². The van der Waals surface area contributed by atoms with Gasteiger partial charge in [0.05, 0.1) is 17.9 Å². The standard InChI is InChI=1S/C21H22N4O3/c1-13(2)10-15-11-18(28-24-15)21(27)25-9-8-16-17(12-25)22-19(23-20(16)26)14-6-4-3-5-7-14/h3-7,11,13H,8-10,12H2,1-2H3,(H,22,23,26). The van der Waals surface area contributed by atoms with E-state index in [1.807, 2.05) is 30.3 Å². The molecule has 1 aliphatic rings. The molecule has 2 aromatic heterocycles. The van der Waals surface area contributed by atoms with Crippen LogP contribution < -0.4 is 5.56 Å². The molecule has 0 radical (unpaired) electrons. The summed E-state index contributed by atoms with van der Waals surface area (Å²) in [7, 11) is 0. The Hall–Kier alpha value is -3.22. The number of carbonyl (C=O) groups is 1. The summed E-state index contributed by atoms with van der Waals surface area (Å²) in [5, 5.41) is 3.99. The number of rotatable bonds is 4. The molecular formula is C21H22N4O3. The number of amides is 1. The van der Waals surface area contributed by atoms with Crippen molar-refractivity contribution in [3.8, 4) is 11.4 Å². The third kappa shape index (κ3) is 3.60. The zero-order valence-corrected chi connectivity index (χ0v) is 15.9. The highest BCUT2D eigenvalue weighted by molar-refractivity contribution is 5.91. The Bertz CT molecular complexity index is 1050. The number of aromatic nitrogens is 3. The fourth-order valence-electron chi connectivity index (χ4n) is 3.43. The first-order valence-electron chi connectivity index (χ1n) is 9.43. The second-order valence-corrected chi connectivity index (χ2v) is 7.46. The summed E-state index contributed by atoms with van der Waals surface area (Å²) in [5.74, 6) is 0.948. The number of benzene rings is 1. The third-order valence-corrected chi connectivity index (χ3v) is 4.80. The molecule has 0 saturated heterocycles. The van der Waals surface area contributed by atoms with E-state index in [1.54, 1.807) is 11.0 Å². The molecule has 1 aliphatic heterocycles. The van der Waals surface area contributed by atoms with Crippen LogP contribution in [-0.2, 0) is 19.4 Å². The molecule has 3 aromatic rings. The molecule has 7 nitrogen and oxygen atoms in total. The molecule has 0 bridgehead atoms. The number of carbonyl (C=O) groups excluding carboxylic acids is 1. The minimum atomic E-state index is -0.225. The second kappa shape index (κ2) is 7.42. The molecule has 3 heterocycles. The van der Waals surface area contributed by atoms with Gasteiger partial charge in [0.15, 0.2) is 0 Å². The molecule has 28 heavy (non-hydrogen) atoms. The van der Waals surface area contributed by atoms with Crippen molar-refractivity contribution in [2.24, 2.45) is 5.92 Å². The van der Waals surface area contributed by atoms with Gasteiger partial charge in [0.1, 0.15) is 5.82 Å². The lowest BCUT2D eigenvalue weighted by Crippen LogP contribution is -2.39. The van der Waals surface area contributed by atoms with Gasteiger partial charge in [-0.2, -0.15) is 0 Å². The van der Waals surface area contributed by atoms with Gasteiger partial charge in [-0.05, 0) is 18.8 Å². The smallest absolute Gasteiger partial charge is 0.292 e. The Morgan fingerprint density at radius 2 is 2.07 bits per heavy atom. The summed E-state index contributed by atoms with van der Waals surface area (Å²) in [5.41, 5.74) is 2.73. The average Bonchev–Trinajstić information content (AvgIpc) is 3.15. The Kier molecular flexibility index (Phi) is 4.81. The van der Waals surface area contributed by atoms with E-state index in [0.717, 1.165) is 17.7 Å². The van der Waals surface area contributed by atoms with Crippen LogP contribution in [0.3, 0.4) is 0 Å². The van der Waals surface area contributed by atoms with Crippen LogP contribution in [0.4, 0.5) is 0 Å². The molecule has 4 rings (SSSR count). The summed E-state index contributed by atoms with van der Waals surface area (Å²) in [4.78, 5) is 34.4. The van der Waals surface area contributed by atoms with Crippen LogP contribution in [0.1, 0.15) is 41.4 Å². The molecule has 1 aromatic carbocycles. The second-order valence-electron chi connectivity index (χ2n) is 7.46. The molecule has 0 unspecified atom stereocenters. The number of nitrogens with one attached hydrogen (secondary N) is 1. The highest BCUT2D eigenvalue weighted by Gasteiger charge is 2.27. The Balaban J connectivity index is 1.58. The number of aromatic amines is 1. The Morgan fingerprint density at radius 3 is 2.82 bits per heavy atom. The molecule has 144 valence electrons. The minimum absolute atomic E-state index is 0.144. The zero-order valence-electron chi connectivity index (χ0n) is 15.9. The molecule has 0 aliphatic carbocycles. The van der Waals surface area contributed by atoms with Gasteiger partial charge in [-0.15, -0.1) is 0 Å². The van der Waals surface area contributed by atoms with Crippen molar-refractivity contribution >= 4 is 5.91 Å². The lowest BCUT2D eigenvalue weighted by molar-refractivity contribution is 0.0689. The first kappa shape index (κ1) is 18.2. The summed E-state index contributed by atoms with van der Waals surface area (Å²) in [6, 6.07) is 11.2. The molecule has 0 saturated carbocycles. The van der Waals surface area contributed by atoms with Crippen LogP contribution in [-0.4, -0.2) is 32.5 Å². The normalized spacial score (nSPS) is 13.6.